The number of benzene rings is 1. The highest BCUT2D eigenvalue weighted by molar-refractivity contribution is 7.22. The van der Waals surface area contributed by atoms with Crippen LogP contribution in [0.25, 0.3) is 10.2 Å². The summed E-state index contributed by atoms with van der Waals surface area (Å²) in [6.45, 7) is 4.58. The first-order valence-electron chi connectivity index (χ1n) is 9.11. The first-order valence-corrected chi connectivity index (χ1v) is 10.8. The fraction of sp³-hybridized carbons (Fsp3) is 0.400. The zero-order chi connectivity index (χ0) is 17.9. The summed E-state index contributed by atoms with van der Waals surface area (Å²) in [6, 6.07) is 10.6. The van der Waals surface area contributed by atoms with Crippen LogP contribution in [0.5, 0.6) is 0 Å². The van der Waals surface area contributed by atoms with Crippen LogP contribution in [0.1, 0.15) is 23.3 Å². The van der Waals surface area contributed by atoms with E-state index in [9.17, 15) is 4.79 Å². The van der Waals surface area contributed by atoms with Gasteiger partial charge >= 0.3 is 0 Å². The minimum Gasteiger partial charge on any atom is -0.355 e. The van der Waals surface area contributed by atoms with Crippen LogP contribution < -0.4 is 10.2 Å². The number of thiazole rings is 1. The normalized spacial score (nSPS) is 17.6. The monoisotopic (exact) mass is 385 g/mol. The summed E-state index contributed by atoms with van der Waals surface area (Å²) in [5.41, 5.74) is 2.31. The maximum atomic E-state index is 12.6. The molecule has 136 valence electrons. The molecule has 3 heterocycles. The third kappa shape index (κ3) is 3.91. The van der Waals surface area contributed by atoms with E-state index in [0.29, 0.717) is 0 Å². The summed E-state index contributed by atoms with van der Waals surface area (Å²) < 4.78 is 1.22. The number of aryl methyl sites for hydroxylation is 1. The number of thiophene rings is 1. The molecule has 0 bridgehead atoms. The summed E-state index contributed by atoms with van der Waals surface area (Å²) in [5.74, 6) is 0.240. The van der Waals surface area contributed by atoms with Gasteiger partial charge in [0.05, 0.1) is 16.1 Å². The average molecular weight is 386 g/mol. The summed E-state index contributed by atoms with van der Waals surface area (Å²) >= 11 is 3.48. The Morgan fingerprint density at radius 3 is 3.15 bits per heavy atom. The molecule has 26 heavy (non-hydrogen) atoms. The Kier molecular flexibility index (Phi) is 5.22. The van der Waals surface area contributed by atoms with Crippen molar-refractivity contribution in [2.24, 2.45) is 5.92 Å². The van der Waals surface area contributed by atoms with Crippen molar-refractivity contribution >= 4 is 43.9 Å². The van der Waals surface area contributed by atoms with Gasteiger partial charge in [-0.05, 0) is 55.3 Å². The van der Waals surface area contributed by atoms with Gasteiger partial charge in [-0.25, -0.2) is 4.98 Å². The van der Waals surface area contributed by atoms with Crippen LogP contribution in [-0.4, -0.2) is 30.5 Å². The fourth-order valence-electron chi connectivity index (χ4n) is 3.43. The van der Waals surface area contributed by atoms with Crippen molar-refractivity contribution in [3.05, 3.63) is 46.2 Å². The molecule has 1 saturated heterocycles. The van der Waals surface area contributed by atoms with Gasteiger partial charge < -0.3 is 10.2 Å². The Hall–Kier alpha value is -1.92. The molecule has 1 aliphatic heterocycles. The summed E-state index contributed by atoms with van der Waals surface area (Å²) in [4.78, 5) is 21.0. The van der Waals surface area contributed by atoms with Gasteiger partial charge in [0.25, 0.3) is 0 Å². The fourth-order valence-corrected chi connectivity index (χ4v) is 5.24. The van der Waals surface area contributed by atoms with E-state index in [1.54, 1.807) is 22.7 Å². The number of rotatable bonds is 5. The zero-order valence-corrected chi connectivity index (χ0v) is 16.5. The maximum absolute atomic E-state index is 12.6. The molecule has 3 aromatic rings. The van der Waals surface area contributed by atoms with Gasteiger partial charge in [0.15, 0.2) is 5.13 Å². The number of amides is 1. The van der Waals surface area contributed by atoms with Gasteiger partial charge in [-0.2, -0.15) is 0 Å². The number of nitrogens with zero attached hydrogens (tertiary/aromatic N) is 2. The Morgan fingerprint density at radius 2 is 2.31 bits per heavy atom. The van der Waals surface area contributed by atoms with Gasteiger partial charge in [-0.1, -0.05) is 23.5 Å². The first kappa shape index (κ1) is 17.5. The number of carbonyl (C=O) groups excluding carboxylic acids is 1. The van der Waals surface area contributed by atoms with Crippen molar-refractivity contribution in [2.75, 3.05) is 24.5 Å². The minimum absolute atomic E-state index is 0.0563. The summed E-state index contributed by atoms with van der Waals surface area (Å²) in [5, 5.41) is 6.24. The predicted octanol–water partition coefficient (Wildman–Crippen LogP) is 4.24. The second kappa shape index (κ2) is 7.76. The van der Waals surface area contributed by atoms with Crippen LogP contribution in [0.15, 0.2) is 35.7 Å². The van der Waals surface area contributed by atoms with Crippen molar-refractivity contribution in [1.82, 2.24) is 10.3 Å². The van der Waals surface area contributed by atoms with E-state index in [4.69, 9.17) is 4.98 Å². The molecule has 1 aliphatic rings. The van der Waals surface area contributed by atoms with E-state index in [-0.39, 0.29) is 11.8 Å². The van der Waals surface area contributed by atoms with Crippen molar-refractivity contribution < 1.29 is 4.79 Å². The zero-order valence-electron chi connectivity index (χ0n) is 14.9. The van der Waals surface area contributed by atoms with Crippen molar-refractivity contribution in [3.8, 4) is 0 Å². The molecule has 1 atom stereocenters. The predicted molar refractivity (Wildman–Crippen MR) is 110 cm³/mol. The Morgan fingerprint density at radius 1 is 1.38 bits per heavy atom. The van der Waals surface area contributed by atoms with E-state index in [1.165, 1.54) is 15.1 Å². The quantitative estimate of drug-likeness (QED) is 0.714. The lowest BCUT2D eigenvalue weighted by molar-refractivity contribution is -0.125. The third-order valence-corrected chi connectivity index (χ3v) is 6.86. The minimum atomic E-state index is 0.0563. The molecule has 1 aromatic carbocycles. The molecule has 1 unspecified atom stereocenters. The lowest BCUT2D eigenvalue weighted by Crippen LogP contribution is -2.43. The van der Waals surface area contributed by atoms with Crippen LogP contribution in [-0.2, 0) is 11.2 Å². The molecule has 2 aromatic heterocycles. The van der Waals surface area contributed by atoms with E-state index in [1.807, 2.05) is 0 Å². The maximum Gasteiger partial charge on any atom is 0.224 e. The molecule has 0 saturated carbocycles. The second-order valence-electron chi connectivity index (χ2n) is 6.87. The Balaban J connectivity index is 1.37. The Bertz CT molecular complexity index is 888. The van der Waals surface area contributed by atoms with E-state index >= 15 is 0 Å². The van der Waals surface area contributed by atoms with Crippen molar-refractivity contribution in [2.45, 2.75) is 26.2 Å². The number of piperidine rings is 1. The Labute approximate surface area is 161 Å². The summed E-state index contributed by atoms with van der Waals surface area (Å²) in [7, 11) is 0. The second-order valence-corrected chi connectivity index (χ2v) is 8.91. The third-order valence-electron chi connectivity index (χ3n) is 4.85. The number of hydrogen-bond donors (Lipinski definition) is 1. The topological polar surface area (TPSA) is 45.2 Å². The van der Waals surface area contributed by atoms with E-state index < -0.39 is 0 Å². The average Bonchev–Trinajstić information content (AvgIpc) is 3.31. The molecule has 1 N–H and O–H groups in total. The SMILES string of the molecule is Cc1ccc2nc(N3CCCC(C(=O)NCCc4cccs4)C3)sc2c1. The number of aromatic nitrogens is 1. The lowest BCUT2D eigenvalue weighted by Gasteiger charge is -2.31. The molecule has 4 nitrogen and oxygen atoms in total. The molecule has 4 rings (SSSR count). The van der Waals surface area contributed by atoms with Gasteiger partial charge in [0, 0.05) is 24.5 Å². The van der Waals surface area contributed by atoms with E-state index in [0.717, 1.165) is 49.5 Å². The largest absolute Gasteiger partial charge is 0.355 e. The number of carbonyl (C=O) groups is 1. The van der Waals surface area contributed by atoms with Crippen LogP contribution in [0.2, 0.25) is 0 Å². The molecular formula is C20H23N3OS2. The smallest absolute Gasteiger partial charge is 0.224 e. The van der Waals surface area contributed by atoms with Crippen molar-refractivity contribution in [1.29, 1.82) is 0 Å². The molecule has 6 heteroatoms. The molecule has 1 fully saturated rings. The molecule has 1 amide bonds. The number of anilines is 1. The first-order chi connectivity index (χ1) is 12.7. The van der Waals surface area contributed by atoms with Gasteiger partial charge in [-0.3, -0.25) is 4.79 Å². The highest BCUT2D eigenvalue weighted by atomic mass is 32.1. The van der Waals surface area contributed by atoms with Crippen molar-refractivity contribution in [3.63, 3.8) is 0 Å². The molecule has 0 aliphatic carbocycles. The van der Waals surface area contributed by atoms with Crippen LogP contribution in [0.3, 0.4) is 0 Å². The number of nitrogens with one attached hydrogen (secondary N) is 1. The molecular weight excluding hydrogens is 362 g/mol. The standard InChI is InChI=1S/C20H23N3OS2/c1-14-6-7-17-18(12-14)26-20(22-17)23-10-2-4-15(13-23)19(24)21-9-8-16-5-3-11-25-16/h3,5-7,11-12,15H,2,4,8-10,13H2,1H3,(H,21,24). The van der Waals surface area contributed by atoms with Gasteiger partial charge in [0.2, 0.25) is 5.91 Å². The summed E-state index contributed by atoms with van der Waals surface area (Å²) in [6.07, 6.45) is 2.92. The molecule has 0 spiro atoms. The van der Waals surface area contributed by atoms with E-state index in [2.05, 4.69) is 52.9 Å². The molecule has 0 radical (unpaired) electrons. The number of fused-ring (bicyclic) bond motifs is 1. The van der Waals surface area contributed by atoms with Gasteiger partial charge in [0.1, 0.15) is 0 Å². The van der Waals surface area contributed by atoms with Crippen LogP contribution >= 0.6 is 22.7 Å². The number of hydrogen-bond acceptors (Lipinski definition) is 5. The lowest BCUT2D eigenvalue weighted by atomic mass is 9.97. The highest BCUT2D eigenvalue weighted by Gasteiger charge is 2.27. The highest BCUT2D eigenvalue weighted by Crippen LogP contribution is 2.32. The van der Waals surface area contributed by atoms with Crippen LogP contribution in [0, 0.1) is 12.8 Å². The van der Waals surface area contributed by atoms with Gasteiger partial charge in [-0.15, -0.1) is 11.3 Å². The van der Waals surface area contributed by atoms with Crippen LogP contribution in [0.4, 0.5) is 5.13 Å².